The second-order valence-corrected chi connectivity index (χ2v) is 4.16. The van der Waals surface area contributed by atoms with Crippen molar-refractivity contribution in [2.75, 3.05) is 0 Å². The van der Waals surface area contributed by atoms with E-state index >= 15 is 0 Å². The summed E-state index contributed by atoms with van der Waals surface area (Å²) in [6.07, 6.45) is 1.73. The fraction of sp³-hybridized carbons (Fsp3) is 0.364. The molecule has 0 bridgehead atoms. The minimum Gasteiger partial charge on any atom is -0.299 e. The van der Waals surface area contributed by atoms with Crippen molar-refractivity contribution in [3.63, 3.8) is 0 Å². The molecule has 0 saturated carbocycles. The van der Waals surface area contributed by atoms with Gasteiger partial charge in [0.25, 0.3) is 0 Å². The number of carbonyl (C=O) groups is 1. The van der Waals surface area contributed by atoms with E-state index in [1.165, 1.54) is 12.1 Å². The molecule has 1 rings (SSSR count). The molecular weight excluding hydrogens is 247 g/mol. The van der Waals surface area contributed by atoms with Crippen LogP contribution in [0.15, 0.2) is 22.7 Å². The van der Waals surface area contributed by atoms with Gasteiger partial charge in [-0.25, -0.2) is 4.39 Å². The van der Waals surface area contributed by atoms with Gasteiger partial charge in [0, 0.05) is 17.3 Å². The van der Waals surface area contributed by atoms with E-state index in [-0.39, 0.29) is 11.6 Å². The van der Waals surface area contributed by atoms with Crippen molar-refractivity contribution in [3.8, 4) is 0 Å². The summed E-state index contributed by atoms with van der Waals surface area (Å²) in [5.74, 6) is -0.149. The highest BCUT2D eigenvalue weighted by Crippen LogP contribution is 2.15. The second kappa shape index (κ2) is 5.25. The molecule has 0 aliphatic carbocycles. The van der Waals surface area contributed by atoms with Crippen LogP contribution >= 0.6 is 15.9 Å². The molecule has 1 aromatic rings. The standard InChI is InChI=1S/C11H12BrFO/c1-2-3-11(14)6-8-4-9(12)7-10(13)5-8/h4-5,7H,2-3,6H2,1H3. The minimum absolute atomic E-state index is 0.157. The van der Waals surface area contributed by atoms with Gasteiger partial charge in [-0.2, -0.15) is 0 Å². The van der Waals surface area contributed by atoms with Crippen LogP contribution in [-0.4, -0.2) is 5.78 Å². The van der Waals surface area contributed by atoms with Crippen LogP contribution < -0.4 is 0 Å². The Balaban J connectivity index is 2.71. The zero-order chi connectivity index (χ0) is 10.6. The van der Waals surface area contributed by atoms with Gasteiger partial charge in [0.05, 0.1) is 0 Å². The van der Waals surface area contributed by atoms with E-state index in [4.69, 9.17) is 0 Å². The zero-order valence-corrected chi connectivity index (χ0v) is 9.60. The number of hydrogen-bond acceptors (Lipinski definition) is 1. The van der Waals surface area contributed by atoms with E-state index in [0.717, 1.165) is 12.0 Å². The highest BCUT2D eigenvalue weighted by atomic mass is 79.9. The van der Waals surface area contributed by atoms with Gasteiger partial charge >= 0.3 is 0 Å². The van der Waals surface area contributed by atoms with Crippen LogP contribution in [0.1, 0.15) is 25.3 Å². The van der Waals surface area contributed by atoms with Crippen molar-refractivity contribution in [1.29, 1.82) is 0 Å². The Morgan fingerprint density at radius 2 is 2.14 bits per heavy atom. The van der Waals surface area contributed by atoms with E-state index in [0.29, 0.717) is 17.3 Å². The summed E-state index contributed by atoms with van der Waals surface area (Å²) in [6.45, 7) is 1.96. The van der Waals surface area contributed by atoms with Gasteiger partial charge in [0.1, 0.15) is 11.6 Å². The summed E-state index contributed by atoms with van der Waals surface area (Å²) in [4.78, 5) is 11.3. The van der Waals surface area contributed by atoms with Gasteiger partial charge in [-0.15, -0.1) is 0 Å². The molecule has 0 fully saturated rings. The van der Waals surface area contributed by atoms with Gasteiger partial charge < -0.3 is 0 Å². The third-order valence-corrected chi connectivity index (χ3v) is 2.31. The van der Waals surface area contributed by atoms with Crippen LogP contribution in [0.5, 0.6) is 0 Å². The Morgan fingerprint density at radius 3 is 2.71 bits per heavy atom. The first-order valence-corrected chi connectivity index (χ1v) is 5.37. The lowest BCUT2D eigenvalue weighted by molar-refractivity contribution is -0.118. The number of carbonyl (C=O) groups excluding carboxylic acids is 1. The van der Waals surface area contributed by atoms with Crippen molar-refractivity contribution in [3.05, 3.63) is 34.1 Å². The number of ketones is 1. The van der Waals surface area contributed by atoms with Crippen LogP contribution in [0.3, 0.4) is 0 Å². The molecule has 0 aliphatic rings. The third-order valence-electron chi connectivity index (χ3n) is 1.85. The van der Waals surface area contributed by atoms with Gasteiger partial charge in [-0.3, -0.25) is 4.79 Å². The molecule has 0 aliphatic heterocycles. The van der Waals surface area contributed by atoms with Crippen molar-refractivity contribution in [1.82, 2.24) is 0 Å². The topological polar surface area (TPSA) is 17.1 Å². The molecule has 1 aromatic carbocycles. The quantitative estimate of drug-likeness (QED) is 0.808. The Hall–Kier alpha value is -0.700. The molecule has 3 heteroatoms. The van der Waals surface area contributed by atoms with E-state index in [1.807, 2.05) is 6.92 Å². The number of Topliss-reactive ketones (excluding diaryl/α,β-unsaturated/α-hetero) is 1. The van der Waals surface area contributed by atoms with Crippen LogP contribution in [-0.2, 0) is 11.2 Å². The second-order valence-electron chi connectivity index (χ2n) is 3.24. The van der Waals surface area contributed by atoms with Crippen LogP contribution in [0.2, 0.25) is 0 Å². The molecule has 0 atom stereocenters. The van der Waals surface area contributed by atoms with Crippen molar-refractivity contribution in [2.45, 2.75) is 26.2 Å². The Bertz CT molecular complexity index is 316. The zero-order valence-electron chi connectivity index (χ0n) is 8.02. The lowest BCUT2D eigenvalue weighted by atomic mass is 10.1. The lowest BCUT2D eigenvalue weighted by Crippen LogP contribution is -2.02. The summed E-state index contributed by atoms with van der Waals surface area (Å²) in [7, 11) is 0. The molecule has 0 saturated heterocycles. The van der Waals surface area contributed by atoms with E-state index in [1.54, 1.807) is 6.07 Å². The fourth-order valence-corrected chi connectivity index (χ4v) is 1.82. The molecule has 0 aromatic heterocycles. The summed E-state index contributed by atoms with van der Waals surface area (Å²) < 4.78 is 13.6. The van der Waals surface area contributed by atoms with Crippen molar-refractivity contribution >= 4 is 21.7 Å². The molecule has 0 unspecified atom stereocenters. The molecule has 0 spiro atoms. The van der Waals surface area contributed by atoms with Gasteiger partial charge in [0.15, 0.2) is 0 Å². The Labute approximate surface area is 91.5 Å². The van der Waals surface area contributed by atoms with Crippen molar-refractivity contribution < 1.29 is 9.18 Å². The SMILES string of the molecule is CCCC(=O)Cc1cc(F)cc(Br)c1. The fourth-order valence-electron chi connectivity index (χ4n) is 1.31. The average Bonchev–Trinajstić information content (AvgIpc) is 2.01. The molecule has 0 N–H and O–H groups in total. The minimum atomic E-state index is -0.307. The summed E-state index contributed by atoms with van der Waals surface area (Å²) in [5, 5.41) is 0. The Morgan fingerprint density at radius 1 is 1.43 bits per heavy atom. The largest absolute Gasteiger partial charge is 0.299 e. The summed E-state index contributed by atoms with van der Waals surface area (Å²) >= 11 is 3.19. The maximum atomic E-state index is 12.9. The number of benzene rings is 1. The number of rotatable bonds is 4. The highest BCUT2D eigenvalue weighted by Gasteiger charge is 2.04. The molecular formula is C11H12BrFO. The first kappa shape index (κ1) is 11.4. The normalized spacial score (nSPS) is 10.2. The number of hydrogen-bond donors (Lipinski definition) is 0. The van der Waals surface area contributed by atoms with Crippen LogP contribution in [0, 0.1) is 5.82 Å². The average molecular weight is 259 g/mol. The molecule has 0 heterocycles. The monoisotopic (exact) mass is 258 g/mol. The first-order valence-electron chi connectivity index (χ1n) is 4.58. The van der Waals surface area contributed by atoms with Gasteiger partial charge in [0.2, 0.25) is 0 Å². The first-order chi connectivity index (χ1) is 6.61. The molecule has 0 amide bonds. The molecule has 14 heavy (non-hydrogen) atoms. The van der Waals surface area contributed by atoms with Crippen LogP contribution in [0.4, 0.5) is 4.39 Å². The van der Waals surface area contributed by atoms with Gasteiger partial charge in [-0.1, -0.05) is 22.9 Å². The summed E-state index contributed by atoms with van der Waals surface area (Å²) in [5.41, 5.74) is 0.732. The molecule has 1 nitrogen and oxygen atoms in total. The third kappa shape index (κ3) is 3.58. The maximum Gasteiger partial charge on any atom is 0.137 e. The predicted octanol–water partition coefficient (Wildman–Crippen LogP) is 3.50. The van der Waals surface area contributed by atoms with Crippen molar-refractivity contribution in [2.24, 2.45) is 0 Å². The van der Waals surface area contributed by atoms with E-state index < -0.39 is 0 Å². The highest BCUT2D eigenvalue weighted by molar-refractivity contribution is 9.10. The smallest absolute Gasteiger partial charge is 0.137 e. The van der Waals surface area contributed by atoms with Gasteiger partial charge in [-0.05, 0) is 30.2 Å². The number of halogens is 2. The van der Waals surface area contributed by atoms with Crippen LogP contribution in [0.25, 0.3) is 0 Å². The predicted molar refractivity (Wildman–Crippen MR) is 57.7 cm³/mol. The maximum absolute atomic E-state index is 12.9. The molecule has 0 radical (unpaired) electrons. The van der Waals surface area contributed by atoms with E-state index in [9.17, 15) is 9.18 Å². The lowest BCUT2D eigenvalue weighted by Gasteiger charge is -2.01. The summed E-state index contributed by atoms with van der Waals surface area (Å²) in [6, 6.07) is 4.56. The molecule has 76 valence electrons. The van der Waals surface area contributed by atoms with E-state index in [2.05, 4.69) is 15.9 Å². The Kier molecular flexibility index (Phi) is 4.26.